The SMILES string of the molecule is COC(=O)C(Cl)CNCCS(=O)(=O)C(C)C. The normalized spacial score (nSPS) is 13.8. The van der Waals surface area contributed by atoms with Crippen LogP contribution in [0.3, 0.4) is 0 Å². The van der Waals surface area contributed by atoms with Crippen LogP contribution >= 0.6 is 11.6 Å². The second kappa shape index (κ2) is 7.09. The van der Waals surface area contributed by atoms with Crippen LogP contribution in [0.15, 0.2) is 0 Å². The van der Waals surface area contributed by atoms with E-state index >= 15 is 0 Å². The van der Waals surface area contributed by atoms with Gasteiger partial charge in [0.05, 0.1) is 18.1 Å². The lowest BCUT2D eigenvalue weighted by Crippen LogP contribution is -2.34. The molecule has 5 nitrogen and oxygen atoms in total. The van der Waals surface area contributed by atoms with E-state index in [1.54, 1.807) is 13.8 Å². The van der Waals surface area contributed by atoms with Crippen molar-refractivity contribution >= 4 is 27.4 Å². The van der Waals surface area contributed by atoms with Crippen molar-refractivity contribution in [1.82, 2.24) is 5.32 Å². The number of nitrogens with one attached hydrogen (secondary N) is 1. The van der Waals surface area contributed by atoms with Gasteiger partial charge in [0, 0.05) is 13.1 Å². The molecule has 0 bridgehead atoms. The Morgan fingerprint density at radius 1 is 1.44 bits per heavy atom. The van der Waals surface area contributed by atoms with E-state index in [2.05, 4.69) is 10.1 Å². The highest BCUT2D eigenvalue weighted by molar-refractivity contribution is 7.92. The minimum Gasteiger partial charge on any atom is -0.468 e. The molecule has 7 heteroatoms. The fourth-order valence-electron chi connectivity index (χ4n) is 0.890. The predicted molar refractivity (Wildman–Crippen MR) is 63.4 cm³/mol. The Hall–Kier alpha value is -0.330. The van der Waals surface area contributed by atoms with Crippen molar-refractivity contribution in [3.63, 3.8) is 0 Å². The summed E-state index contributed by atoms with van der Waals surface area (Å²) in [5, 5.41) is 1.63. The predicted octanol–water partition coefficient (Wildman–Crippen LogP) is 0.180. The smallest absolute Gasteiger partial charge is 0.325 e. The maximum atomic E-state index is 11.4. The molecule has 96 valence electrons. The van der Waals surface area contributed by atoms with Crippen LogP contribution in [0.4, 0.5) is 0 Å². The zero-order chi connectivity index (χ0) is 12.8. The lowest BCUT2D eigenvalue weighted by molar-refractivity contribution is -0.140. The molecule has 0 aliphatic heterocycles. The van der Waals surface area contributed by atoms with Crippen molar-refractivity contribution in [3.8, 4) is 0 Å². The van der Waals surface area contributed by atoms with E-state index in [0.717, 1.165) is 0 Å². The number of rotatable bonds is 7. The second-order valence-corrected chi connectivity index (χ2v) is 6.81. The highest BCUT2D eigenvalue weighted by atomic mass is 35.5. The van der Waals surface area contributed by atoms with Crippen LogP contribution in [0, 0.1) is 0 Å². The molecule has 1 atom stereocenters. The van der Waals surface area contributed by atoms with E-state index in [-0.39, 0.29) is 24.1 Å². The van der Waals surface area contributed by atoms with Crippen molar-refractivity contribution in [2.45, 2.75) is 24.5 Å². The highest BCUT2D eigenvalue weighted by Crippen LogP contribution is 2.00. The number of carbonyl (C=O) groups excluding carboxylic acids is 1. The third-order valence-electron chi connectivity index (χ3n) is 2.06. The van der Waals surface area contributed by atoms with Crippen LogP contribution < -0.4 is 5.32 Å². The number of carbonyl (C=O) groups is 1. The number of alkyl halides is 1. The topological polar surface area (TPSA) is 72.5 Å². The van der Waals surface area contributed by atoms with Gasteiger partial charge < -0.3 is 10.1 Å². The number of ether oxygens (including phenoxy) is 1. The third-order valence-corrected chi connectivity index (χ3v) is 4.60. The Kier molecular flexibility index (Phi) is 6.94. The number of esters is 1. The third kappa shape index (κ3) is 5.67. The van der Waals surface area contributed by atoms with Gasteiger partial charge in [-0.2, -0.15) is 0 Å². The minimum absolute atomic E-state index is 0.0372. The summed E-state index contributed by atoms with van der Waals surface area (Å²) in [5.74, 6) is -0.490. The molecule has 0 heterocycles. The zero-order valence-electron chi connectivity index (χ0n) is 9.70. The van der Waals surface area contributed by atoms with Crippen molar-refractivity contribution < 1.29 is 17.9 Å². The maximum Gasteiger partial charge on any atom is 0.325 e. The highest BCUT2D eigenvalue weighted by Gasteiger charge is 2.17. The average molecular weight is 272 g/mol. The Bertz CT molecular complexity index is 315. The summed E-state index contributed by atoms with van der Waals surface area (Å²) < 4.78 is 27.2. The summed E-state index contributed by atoms with van der Waals surface area (Å²) in [5.41, 5.74) is 0. The Morgan fingerprint density at radius 2 is 2.00 bits per heavy atom. The summed E-state index contributed by atoms with van der Waals surface area (Å²) in [6, 6.07) is 0. The molecular weight excluding hydrogens is 254 g/mol. The molecule has 0 saturated carbocycles. The fourth-order valence-corrected chi connectivity index (χ4v) is 1.99. The zero-order valence-corrected chi connectivity index (χ0v) is 11.3. The van der Waals surface area contributed by atoms with Crippen molar-refractivity contribution in [3.05, 3.63) is 0 Å². The number of halogens is 1. The lowest BCUT2D eigenvalue weighted by Gasteiger charge is -2.10. The first kappa shape index (κ1) is 15.7. The maximum absolute atomic E-state index is 11.4. The first-order valence-electron chi connectivity index (χ1n) is 4.95. The van der Waals surface area contributed by atoms with Crippen LogP contribution in [-0.2, 0) is 19.4 Å². The molecular formula is C9H18ClNO4S. The molecule has 16 heavy (non-hydrogen) atoms. The summed E-state index contributed by atoms with van der Waals surface area (Å²) in [7, 11) is -1.79. The molecule has 0 amide bonds. The minimum atomic E-state index is -3.04. The monoisotopic (exact) mass is 271 g/mol. The van der Waals surface area contributed by atoms with Gasteiger partial charge in [-0.25, -0.2) is 8.42 Å². The molecule has 0 radical (unpaired) electrons. The standard InChI is InChI=1S/C9H18ClNO4S/c1-7(2)16(13,14)5-4-11-6-8(10)9(12)15-3/h7-8,11H,4-6H2,1-3H3. The summed E-state index contributed by atoms with van der Waals surface area (Å²) in [4.78, 5) is 10.9. The molecule has 0 fully saturated rings. The lowest BCUT2D eigenvalue weighted by atomic mass is 10.4. The van der Waals surface area contributed by atoms with Crippen LogP contribution in [-0.4, -0.2) is 51.0 Å². The molecule has 0 rings (SSSR count). The van der Waals surface area contributed by atoms with Gasteiger partial charge in [-0.15, -0.1) is 11.6 Å². The van der Waals surface area contributed by atoms with Gasteiger partial charge in [-0.3, -0.25) is 4.79 Å². The van der Waals surface area contributed by atoms with Gasteiger partial charge in [-0.1, -0.05) is 0 Å². The second-order valence-electron chi connectivity index (χ2n) is 3.61. The van der Waals surface area contributed by atoms with Crippen LogP contribution in [0.1, 0.15) is 13.8 Å². The first-order chi connectivity index (χ1) is 7.31. The number of methoxy groups -OCH3 is 1. The van der Waals surface area contributed by atoms with Gasteiger partial charge in [-0.05, 0) is 13.8 Å². The molecule has 0 aliphatic rings. The van der Waals surface area contributed by atoms with E-state index in [0.29, 0.717) is 0 Å². The molecule has 1 unspecified atom stereocenters. The van der Waals surface area contributed by atoms with Gasteiger partial charge in [0.2, 0.25) is 0 Å². The van der Waals surface area contributed by atoms with E-state index in [4.69, 9.17) is 11.6 Å². The van der Waals surface area contributed by atoms with E-state index in [1.807, 2.05) is 0 Å². The molecule has 0 aromatic heterocycles. The number of hydrogen-bond donors (Lipinski definition) is 1. The largest absolute Gasteiger partial charge is 0.468 e. The molecule has 0 spiro atoms. The number of hydrogen-bond acceptors (Lipinski definition) is 5. The van der Waals surface area contributed by atoms with Crippen LogP contribution in [0.5, 0.6) is 0 Å². The summed E-state index contributed by atoms with van der Waals surface area (Å²) in [6.45, 7) is 3.74. The van der Waals surface area contributed by atoms with Crippen LogP contribution in [0.25, 0.3) is 0 Å². The Morgan fingerprint density at radius 3 is 2.44 bits per heavy atom. The number of sulfone groups is 1. The van der Waals surface area contributed by atoms with Crippen molar-refractivity contribution in [1.29, 1.82) is 0 Å². The fraction of sp³-hybridized carbons (Fsp3) is 0.889. The molecule has 0 aromatic rings. The van der Waals surface area contributed by atoms with Gasteiger partial charge in [0.1, 0.15) is 5.38 Å². The van der Waals surface area contributed by atoms with Crippen molar-refractivity contribution in [2.75, 3.05) is 26.0 Å². The first-order valence-corrected chi connectivity index (χ1v) is 7.10. The van der Waals surface area contributed by atoms with E-state index < -0.39 is 21.2 Å². The van der Waals surface area contributed by atoms with Gasteiger partial charge in [0.15, 0.2) is 9.84 Å². The Labute approximate surface area is 101 Å². The van der Waals surface area contributed by atoms with E-state index in [1.165, 1.54) is 7.11 Å². The Balaban J connectivity index is 3.81. The van der Waals surface area contributed by atoms with E-state index in [9.17, 15) is 13.2 Å². The quantitative estimate of drug-likeness (QED) is 0.406. The summed E-state index contributed by atoms with van der Waals surface area (Å²) >= 11 is 5.66. The van der Waals surface area contributed by atoms with Gasteiger partial charge in [0.25, 0.3) is 0 Å². The van der Waals surface area contributed by atoms with Gasteiger partial charge >= 0.3 is 5.97 Å². The molecule has 0 saturated heterocycles. The summed E-state index contributed by atoms with van der Waals surface area (Å²) in [6.07, 6.45) is 0. The van der Waals surface area contributed by atoms with Crippen molar-refractivity contribution in [2.24, 2.45) is 0 Å². The molecule has 0 aromatic carbocycles. The van der Waals surface area contributed by atoms with Crippen LogP contribution in [0.2, 0.25) is 0 Å². The average Bonchev–Trinajstić information content (AvgIpc) is 2.22. The molecule has 1 N–H and O–H groups in total. The molecule has 0 aliphatic carbocycles.